The van der Waals surface area contributed by atoms with Gasteiger partial charge in [0.1, 0.15) is 19.3 Å². The molecule has 3 unspecified atom stereocenters. The van der Waals surface area contributed by atoms with E-state index >= 15 is 0 Å². The molecule has 0 aliphatic heterocycles. The molecule has 0 aliphatic carbocycles. The van der Waals surface area contributed by atoms with Gasteiger partial charge < -0.3 is 48.8 Å². The molecule has 13 heteroatoms. The predicted molar refractivity (Wildman–Crippen MR) is 141 cm³/mol. The van der Waals surface area contributed by atoms with E-state index in [0.29, 0.717) is 33.0 Å². The van der Waals surface area contributed by atoms with E-state index in [2.05, 4.69) is 13.2 Å². The smallest absolute Gasteiger partial charge is 0.330 e. The van der Waals surface area contributed by atoms with Gasteiger partial charge in [0.2, 0.25) is 0 Å². The lowest BCUT2D eigenvalue weighted by Gasteiger charge is -2.20. The van der Waals surface area contributed by atoms with Crippen LogP contribution < -0.4 is 0 Å². The summed E-state index contributed by atoms with van der Waals surface area (Å²) in [6.07, 6.45) is 1.82. The van der Waals surface area contributed by atoms with Gasteiger partial charge in [0.05, 0.1) is 45.4 Å². The van der Waals surface area contributed by atoms with Gasteiger partial charge in [-0.15, -0.1) is 0 Å². The molecule has 0 aromatic carbocycles. The van der Waals surface area contributed by atoms with Crippen molar-refractivity contribution in [2.75, 3.05) is 85.9 Å². The summed E-state index contributed by atoms with van der Waals surface area (Å²) in [6.45, 7) is 9.23. The Bertz CT molecular complexity index is 630. The summed E-state index contributed by atoms with van der Waals surface area (Å²) in [5.41, 5.74) is 0. The molecule has 0 spiro atoms. The third-order valence-electron chi connectivity index (χ3n) is 5.11. The van der Waals surface area contributed by atoms with Gasteiger partial charge in [-0.3, -0.25) is 4.90 Å². The highest BCUT2D eigenvalue weighted by Gasteiger charge is 2.14. The van der Waals surface area contributed by atoms with Crippen LogP contribution in [0.4, 0.5) is 0 Å². The molecule has 0 saturated heterocycles. The minimum absolute atomic E-state index is 0.00237. The number of nitrogens with zero attached hydrogens (tertiary/aromatic N) is 1. The Hall–Kier alpha value is -1.94. The number of ether oxygens (including phenoxy) is 6. The van der Waals surface area contributed by atoms with Gasteiger partial charge in [0, 0.05) is 58.1 Å². The van der Waals surface area contributed by atoms with Gasteiger partial charge in [0.25, 0.3) is 0 Å². The summed E-state index contributed by atoms with van der Waals surface area (Å²) >= 11 is 0. The molecule has 3 atom stereocenters. The number of carbonyl (C=O) groups is 2. The van der Waals surface area contributed by atoms with Gasteiger partial charge >= 0.3 is 11.9 Å². The first-order valence-electron chi connectivity index (χ1n) is 13.1. The number of carbonyl (C=O) groups excluding carboxylic acids is 2. The fraction of sp³-hybridized carbons (Fsp3) is 0.769. The lowest BCUT2D eigenvalue weighted by Crippen LogP contribution is -2.32. The van der Waals surface area contributed by atoms with Gasteiger partial charge in [-0.1, -0.05) is 13.2 Å². The number of rotatable bonds is 28. The van der Waals surface area contributed by atoms with Crippen LogP contribution >= 0.6 is 0 Å². The summed E-state index contributed by atoms with van der Waals surface area (Å²) in [7, 11) is 0. The molecule has 0 rings (SSSR count). The maximum Gasteiger partial charge on any atom is 0.330 e. The number of hydrogen-bond acceptors (Lipinski definition) is 13. The Morgan fingerprint density at radius 3 is 1.72 bits per heavy atom. The van der Waals surface area contributed by atoms with E-state index in [-0.39, 0.29) is 65.7 Å². The Kier molecular flexibility index (Phi) is 25.0. The Morgan fingerprint density at radius 2 is 1.21 bits per heavy atom. The van der Waals surface area contributed by atoms with Crippen molar-refractivity contribution in [3.63, 3.8) is 0 Å². The summed E-state index contributed by atoms with van der Waals surface area (Å²) in [5, 5.41) is 37.8. The molecular formula is C26H47NO12. The highest BCUT2D eigenvalue weighted by molar-refractivity contribution is 5.81. The maximum absolute atomic E-state index is 11.1. The molecule has 0 radical (unpaired) electrons. The quantitative estimate of drug-likeness (QED) is 0.0410. The first-order valence-corrected chi connectivity index (χ1v) is 13.1. The maximum atomic E-state index is 11.1. The molecule has 228 valence electrons. The molecule has 0 bridgehead atoms. The Balaban J connectivity index is 4.30. The number of hydrogen-bond donors (Lipinski definition) is 4. The fourth-order valence-electron chi connectivity index (χ4n) is 2.93. The normalized spacial score (nSPS) is 13.6. The van der Waals surface area contributed by atoms with Crippen molar-refractivity contribution in [2.45, 2.75) is 44.0 Å². The monoisotopic (exact) mass is 565 g/mol. The summed E-state index contributed by atoms with van der Waals surface area (Å²) in [6, 6.07) is 0. The highest BCUT2D eigenvalue weighted by atomic mass is 16.6. The second-order valence-electron chi connectivity index (χ2n) is 8.51. The van der Waals surface area contributed by atoms with Gasteiger partial charge in [-0.2, -0.15) is 0 Å². The molecule has 0 aliphatic rings. The lowest BCUT2D eigenvalue weighted by atomic mass is 10.3. The van der Waals surface area contributed by atoms with E-state index in [0.717, 1.165) is 25.0 Å². The number of unbranched alkanes of at least 4 members (excludes halogenated alkanes) is 1. The largest absolute Gasteiger partial charge is 0.460 e. The van der Waals surface area contributed by atoms with Crippen molar-refractivity contribution < 1.29 is 58.4 Å². The topological polar surface area (TPSA) is 174 Å². The molecule has 0 amide bonds. The minimum Gasteiger partial charge on any atom is -0.460 e. The second-order valence-corrected chi connectivity index (χ2v) is 8.51. The number of aliphatic hydroxyl groups is 4. The zero-order valence-corrected chi connectivity index (χ0v) is 22.8. The van der Waals surface area contributed by atoms with Gasteiger partial charge in [-0.05, 0) is 19.3 Å². The Labute approximate surface area is 230 Å². The van der Waals surface area contributed by atoms with Crippen LogP contribution in [0, 0.1) is 0 Å². The number of esters is 2. The van der Waals surface area contributed by atoms with Crippen molar-refractivity contribution in [2.24, 2.45) is 0 Å². The van der Waals surface area contributed by atoms with E-state index in [1.54, 1.807) is 0 Å². The van der Waals surface area contributed by atoms with Crippen molar-refractivity contribution in [1.82, 2.24) is 4.90 Å². The van der Waals surface area contributed by atoms with E-state index < -0.39 is 30.3 Å². The molecule has 4 N–H and O–H groups in total. The van der Waals surface area contributed by atoms with Crippen molar-refractivity contribution in [3.05, 3.63) is 25.3 Å². The molecule has 13 nitrogen and oxygen atoms in total. The summed E-state index contributed by atoms with van der Waals surface area (Å²) in [4.78, 5) is 24.0. The van der Waals surface area contributed by atoms with Crippen molar-refractivity contribution in [1.29, 1.82) is 0 Å². The minimum atomic E-state index is -0.893. The van der Waals surface area contributed by atoms with Gasteiger partial charge in [-0.25, -0.2) is 9.59 Å². The zero-order valence-electron chi connectivity index (χ0n) is 22.8. The second kappa shape index (κ2) is 26.3. The summed E-state index contributed by atoms with van der Waals surface area (Å²) in [5.74, 6) is -1.23. The summed E-state index contributed by atoms with van der Waals surface area (Å²) < 4.78 is 32.2. The van der Waals surface area contributed by atoms with E-state index in [1.807, 2.05) is 4.90 Å². The van der Waals surface area contributed by atoms with E-state index in [4.69, 9.17) is 38.6 Å². The third kappa shape index (κ3) is 23.6. The molecule has 0 saturated carbocycles. The third-order valence-corrected chi connectivity index (χ3v) is 5.11. The van der Waals surface area contributed by atoms with E-state index in [9.17, 15) is 19.8 Å². The van der Waals surface area contributed by atoms with Crippen molar-refractivity contribution in [3.8, 4) is 0 Å². The van der Waals surface area contributed by atoms with Crippen molar-refractivity contribution >= 4 is 11.9 Å². The van der Waals surface area contributed by atoms with Crippen LogP contribution in [0.5, 0.6) is 0 Å². The van der Waals surface area contributed by atoms with Crippen LogP contribution in [0.25, 0.3) is 0 Å². The first-order chi connectivity index (χ1) is 18.9. The van der Waals surface area contributed by atoms with Crippen LogP contribution in [0.2, 0.25) is 0 Å². The van der Waals surface area contributed by atoms with Crippen LogP contribution in [0.3, 0.4) is 0 Å². The number of aliphatic hydroxyl groups excluding tert-OH is 4. The molecular weight excluding hydrogens is 518 g/mol. The van der Waals surface area contributed by atoms with Crippen LogP contribution in [-0.2, 0) is 38.0 Å². The Morgan fingerprint density at radius 1 is 0.718 bits per heavy atom. The molecule has 0 aromatic rings. The van der Waals surface area contributed by atoms with E-state index in [1.165, 1.54) is 0 Å². The molecule has 0 aromatic heterocycles. The average molecular weight is 566 g/mol. The zero-order chi connectivity index (χ0) is 29.1. The van der Waals surface area contributed by atoms with Gasteiger partial charge in [0.15, 0.2) is 0 Å². The lowest BCUT2D eigenvalue weighted by molar-refractivity contribution is -0.142. The standard InChI is InChI=1S/C26H47NO12/c1-3-25(32)38-17-22(30)7-15-35-20-24(37-16-8-23(31)18-39-26(33)4-2)19-34-13-5-6-14-36-21-27(9-11-28)10-12-29/h3-4,22-24,28-31H,1-2,5-21H2. The van der Waals surface area contributed by atoms with Crippen LogP contribution in [0.15, 0.2) is 25.3 Å². The SMILES string of the molecule is C=CC(=O)OCC(O)CCOCC(COCCCCOCN(CCO)CCO)OCCC(O)COC(=O)C=C. The van der Waals surface area contributed by atoms with Crippen LogP contribution in [-0.4, -0.2) is 141 Å². The molecule has 39 heavy (non-hydrogen) atoms. The highest BCUT2D eigenvalue weighted by Crippen LogP contribution is 2.03. The first kappa shape index (κ1) is 37.1. The average Bonchev–Trinajstić information content (AvgIpc) is 2.93. The predicted octanol–water partition coefficient (Wildman–Crippen LogP) is -0.594. The van der Waals surface area contributed by atoms with Crippen LogP contribution in [0.1, 0.15) is 25.7 Å². The molecule has 0 heterocycles. The molecule has 0 fully saturated rings. The fourth-order valence-corrected chi connectivity index (χ4v) is 2.93.